The van der Waals surface area contributed by atoms with Gasteiger partial charge in [0.25, 0.3) is 0 Å². The first-order valence-corrected chi connectivity index (χ1v) is 7.36. The number of hydrogen-bond donors (Lipinski definition) is 1. The fourth-order valence-electron chi connectivity index (χ4n) is 2.27. The maximum atomic E-state index is 5.42. The number of nitrogens with zero attached hydrogens (tertiary/aromatic N) is 5. The number of rotatable bonds is 5. The minimum Gasteiger partial charge on any atom is -0.494 e. The van der Waals surface area contributed by atoms with Gasteiger partial charge >= 0.3 is 0 Å². The lowest BCUT2D eigenvalue weighted by atomic mass is 10.2. The highest BCUT2D eigenvalue weighted by molar-refractivity contribution is 5.59. The van der Waals surface area contributed by atoms with Crippen LogP contribution >= 0.6 is 0 Å². The van der Waals surface area contributed by atoms with Crippen LogP contribution in [0.4, 0.5) is 5.95 Å². The van der Waals surface area contributed by atoms with E-state index in [2.05, 4.69) is 25.4 Å². The van der Waals surface area contributed by atoms with E-state index in [0.29, 0.717) is 17.6 Å². The number of nitrogens with one attached hydrogen (secondary N) is 1. The van der Waals surface area contributed by atoms with Crippen LogP contribution in [0.25, 0.3) is 17.1 Å². The van der Waals surface area contributed by atoms with E-state index in [4.69, 9.17) is 4.74 Å². The summed E-state index contributed by atoms with van der Waals surface area (Å²) in [6.45, 7) is 4.62. The zero-order chi connectivity index (χ0) is 16.2. The first-order valence-electron chi connectivity index (χ1n) is 7.36. The van der Waals surface area contributed by atoms with E-state index in [1.54, 1.807) is 24.2 Å². The van der Waals surface area contributed by atoms with Crippen LogP contribution in [0.15, 0.2) is 36.7 Å². The average Bonchev–Trinajstić information content (AvgIpc) is 2.97. The van der Waals surface area contributed by atoms with E-state index < -0.39 is 0 Å². The SMILES string of the molecule is CCNc1ncc(-c2nc(C)nn2-c2ccccc2OC)cn1. The molecule has 0 spiro atoms. The van der Waals surface area contributed by atoms with Gasteiger partial charge in [0, 0.05) is 18.9 Å². The fraction of sp³-hybridized carbons (Fsp3) is 0.250. The van der Waals surface area contributed by atoms with Crippen molar-refractivity contribution in [3.8, 4) is 22.8 Å². The number of methoxy groups -OCH3 is 1. The van der Waals surface area contributed by atoms with Gasteiger partial charge in [-0.3, -0.25) is 0 Å². The van der Waals surface area contributed by atoms with Crippen molar-refractivity contribution in [1.29, 1.82) is 0 Å². The molecule has 0 fully saturated rings. The molecule has 0 saturated heterocycles. The van der Waals surface area contributed by atoms with Crippen LogP contribution in [-0.4, -0.2) is 38.4 Å². The molecule has 0 amide bonds. The lowest BCUT2D eigenvalue weighted by Gasteiger charge is -2.10. The largest absolute Gasteiger partial charge is 0.494 e. The Balaban J connectivity index is 2.07. The Morgan fingerprint density at radius 1 is 1.17 bits per heavy atom. The first kappa shape index (κ1) is 15.0. The van der Waals surface area contributed by atoms with Crippen LogP contribution in [0.3, 0.4) is 0 Å². The summed E-state index contributed by atoms with van der Waals surface area (Å²) in [5.74, 6) is 2.66. The normalized spacial score (nSPS) is 10.6. The Labute approximate surface area is 134 Å². The lowest BCUT2D eigenvalue weighted by molar-refractivity contribution is 0.412. The molecule has 3 aromatic rings. The van der Waals surface area contributed by atoms with E-state index in [1.807, 2.05) is 38.1 Å². The molecular weight excluding hydrogens is 292 g/mol. The van der Waals surface area contributed by atoms with Crippen LogP contribution in [0.1, 0.15) is 12.7 Å². The van der Waals surface area contributed by atoms with Crippen molar-refractivity contribution in [1.82, 2.24) is 24.7 Å². The Morgan fingerprint density at radius 2 is 1.91 bits per heavy atom. The summed E-state index contributed by atoms with van der Waals surface area (Å²) in [6.07, 6.45) is 3.47. The Hall–Kier alpha value is -2.96. The van der Waals surface area contributed by atoms with Crippen LogP contribution < -0.4 is 10.1 Å². The van der Waals surface area contributed by atoms with Crippen LogP contribution in [0.5, 0.6) is 5.75 Å². The Kier molecular flexibility index (Phi) is 4.18. The van der Waals surface area contributed by atoms with Crippen molar-refractivity contribution in [2.75, 3.05) is 19.0 Å². The van der Waals surface area contributed by atoms with Gasteiger partial charge in [-0.25, -0.2) is 19.6 Å². The van der Waals surface area contributed by atoms with Crippen molar-refractivity contribution in [3.63, 3.8) is 0 Å². The summed E-state index contributed by atoms with van der Waals surface area (Å²) < 4.78 is 7.17. The number of aryl methyl sites for hydroxylation is 1. The highest BCUT2D eigenvalue weighted by Gasteiger charge is 2.15. The summed E-state index contributed by atoms with van der Waals surface area (Å²) in [5, 5.41) is 7.55. The fourth-order valence-corrected chi connectivity index (χ4v) is 2.27. The molecule has 23 heavy (non-hydrogen) atoms. The number of benzene rings is 1. The van der Waals surface area contributed by atoms with Crippen molar-refractivity contribution >= 4 is 5.95 Å². The maximum Gasteiger partial charge on any atom is 0.222 e. The van der Waals surface area contributed by atoms with Gasteiger partial charge in [-0.1, -0.05) is 12.1 Å². The second-order valence-electron chi connectivity index (χ2n) is 4.89. The van der Waals surface area contributed by atoms with E-state index >= 15 is 0 Å². The van der Waals surface area contributed by atoms with Crippen LogP contribution in [0.2, 0.25) is 0 Å². The number of hydrogen-bond acceptors (Lipinski definition) is 6. The van der Waals surface area contributed by atoms with Gasteiger partial charge in [0.05, 0.1) is 12.7 Å². The molecule has 7 heteroatoms. The molecule has 0 bridgehead atoms. The van der Waals surface area contributed by atoms with Crippen molar-refractivity contribution in [3.05, 3.63) is 42.5 Å². The molecule has 2 heterocycles. The molecule has 0 aliphatic heterocycles. The van der Waals surface area contributed by atoms with E-state index in [9.17, 15) is 0 Å². The summed E-state index contributed by atoms with van der Waals surface area (Å²) in [7, 11) is 1.64. The minimum absolute atomic E-state index is 0.594. The van der Waals surface area contributed by atoms with Crippen molar-refractivity contribution in [2.45, 2.75) is 13.8 Å². The predicted octanol–water partition coefficient (Wildman–Crippen LogP) is 2.47. The number of anilines is 1. The molecule has 3 rings (SSSR count). The molecule has 0 aliphatic rings. The molecule has 1 aromatic carbocycles. The molecule has 7 nitrogen and oxygen atoms in total. The monoisotopic (exact) mass is 310 g/mol. The minimum atomic E-state index is 0.594. The predicted molar refractivity (Wildman–Crippen MR) is 87.8 cm³/mol. The zero-order valence-electron chi connectivity index (χ0n) is 13.3. The standard InChI is InChI=1S/C16H18N6O/c1-4-17-16-18-9-12(10-19-16)15-20-11(2)21-22(15)13-7-5-6-8-14(13)23-3/h5-10H,4H2,1-3H3,(H,17,18,19). The molecular formula is C16H18N6O. The summed E-state index contributed by atoms with van der Waals surface area (Å²) >= 11 is 0. The molecule has 0 atom stereocenters. The zero-order valence-corrected chi connectivity index (χ0v) is 13.3. The summed E-state index contributed by atoms with van der Waals surface area (Å²) in [5.41, 5.74) is 1.61. The van der Waals surface area contributed by atoms with E-state index in [1.165, 1.54) is 0 Å². The van der Waals surface area contributed by atoms with Gasteiger partial charge in [0.1, 0.15) is 17.3 Å². The smallest absolute Gasteiger partial charge is 0.222 e. The number of ether oxygens (including phenoxy) is 1. The maximum absolute atomic E-state index is 5.42. The average molecular weight is 310 g/mol. The van der Waals surface area contributed by atoms with Crippen LogP contribution in [0, 0.1) is 6.92 Å². The molecule has 0 unspecified atom stereocenters. The van der Waals surface area contributed by atoms with E-state index in [-0.39, 0.29) is 0 Å². The molecule has 1 N–H and O–H groups in total. The van der Waals surface area contributed by atoms with Gasteiger partial charge in [-0.2, -0.15) is 5.10 Å². The third-order valence-corrected chi connectivity index (χ3v) is 3.27. The van der Waals surface area contributed by atoms with Crippen LogP contribution in [-0.2, 0) is 0 Å². The molecule has 0 radical (unpaired) electrons. The van der Waals surface area contributed by atoms with Crippen molar-refractivity contribution in [2.24, 2.45) is 0 Å². The summed E-state index contributed by atoms with van der Waals surface area (Å²) in [4.78, 5) is 13.1. The van der Waals surface area contributed by atoms with Gasteiger partial charge < -0.3 is 10.1 Å². The van der Waals surface area contributed by atoms with E-state index in [0.717, 1.165) is 23.5 Å². The molecule has 118 valence electrons. The molecule has 0 saturated carbocycles. The number of aromatic nitrogens is 5. The van der Waals surface area contributed by atoms with Crippen molar-refractivity contribution < 1.29 is 4.74 Å². The van der Waals surface area contributed by atoms with Gasteiger partial charge in [-0.05, 0) is 26.0 Å². The highest BCUT2D eigenvalue weighted by Crippen LogP contribution is 2.26. The third-order valence-electron chi connectivity index (χ3n) is 3.27. The summed E-state index contributed by atoms with van der Waals surface area (Å²) in [6, 6.07) is 7.68. The molecule has 0 aliphatic carbocycles. The topological polar surface area (TPSA) is 77.8 Å². The second kappa shape index (κ2) is 6.43. The Bertz CT molecular complexity index is 797. The first-order chi connectivity index (χ1) is 11.2. The lowest BCUT2D eigenvalue weighted by Crippen LogP contribution is -2.04. The van der Waals surface area contributed by atoms with Gasteiger partial charge in [0.15, 0.2) is 5.82 Å². The third kappa shape index (κ3) is 2.98. The number of para-hydroxylation sites is 2. The molecule has 2 aromatic heterocycles. The second-order valence-corrected chi connectivity index (χ2v) is 4.89. The van der Waals surface area contributed by atoms with Gasteiger partial charge in [0.2, 0.25) is 5.95 Å². The Morgan fingerprint density at radius 3 is 2.61 bits per heavy atom. The quantitative estimate of drug-likeness (QED) is 0.780. The van der Waals surface area contributed by atoms with Gasteiger partial charge in [-0.15, -0.1) is 0 Å². The highest BCUT2D eigenvalue weighted by atomic mass is 16.5.